The zero-order valence-corrected chi connectivity index (χ0v) is 52.3. The molecule has 32 nitrogen and oxygen atoms in total. The first-order valence-corrected chi connectivity index (χ1v) is 32.1. The molecule has 2 aromatic rings. The Hall–Kier alpha value is -8.69. The minimum absolute atomic E-state index is 0.00000960. The number of amides is 9. The molecule has 3 unspecified atom stereocenters. The van der Waals surface area contributed by atoms with Gasteiger partial charge in [0.15, 0.2) is 17.9 Å². The SMILES string of the molecule is NC(N)=NCCCC(NC(=O)[C@H](N)CCCN=C(N)N)C(=O)N1CCC[C@H]1C(=O)N1C[C@H](O)C[C@H]1C(=O)NCC(=O)N[C@@H](Cc1cccs1)C(=O)N[C@@H](CO)C(=O)N1Cc2ccccc2C[C@@H]1C(=O)N1C2CCCCC2C[C@H]1C(=O)N[C@H](CCCN=C(N)N)C(=O)O. The third-order valence-electron chi connectivity index (χ3n) is 17.4. The van der Waals surface area contributed by atoms with Crippen LogP contribution in [0.4, 0.5) is 0 Å². The number of carbonyl (C=O) groups excluding carboxylic acids is 9. The van der Waals surface area contributed by atoms with Gasteiger partial charge in [-0.1, -0.05) is 43.2 Å². The third-order valence-corrected chi connectivity index (χ3v) is 18.3. The Kier molecular flexibility index (Phi) is 25.8. The van der Waals surface area contributed by atoms with Crippen LogP contribution in [-0.2, 0) is 67.3 Å². The number of carbonyl (C=O) groups is 10. The van der Waals surface area contributed by atoms with Crippen LogP contribution >= 0.6 is 11.3 Å². The molecule has 0 bridgehead atoms. The van der Waals surface area contributed by atoms with Crippen LogP contribution < -0.4 is 66.7 Å². The van der Waals surface area contributed by atoms with Crippen LogP contribution in [0.2, 0.25) is 0 Å². The highest BCUT2D eigenvalue weighted by Crippen LogP contribution is 2.41. The van der Waals surface area contributed by atoms with Crippen LogP contribution in [0.25, 0.3) is 0 Å². The molecule has 12 atom stereocenters. The maximum atomic E-state index is 15.3. The van der Waals surface area contributed by atoms with Gasteiger partial charge < -0.3 is 102 Å². The van der Waals surface area contributed by atoms with E-state index in [0.29, 0.717) is 29.7 Å². The van der Waals surface area contributed by atoms with Crippen molar-refractivity contribution >= 4 is 88.3 Å². The van der Waals surface area contributed by atoms with E-state index in [9.17, 15) is 58.5 Å². The van der Waals surface area contributed by atoms with Crippen molar-refractivity contribution < 1.29 is 63.3 Å². The van der Waals surface area contributed by atoms with Gasteiger partial charge in [0, 0.05) is 69.4 Å². The summed E-state index contributed by atoms with van der Waals surface area (Å²) in [6, 6.07) is -1.07. The summed E-state index contributed by atoms with van der Waals surface area (Å²) < 4.78 is 0. The van der Waals surface area contributed by atoms with E-state index in [2.05, 4.69) is 41.6 Å². The average molecular weight is 1300 g/mol. The molecule has 1 saturated carbocycles. The molecular weight excluding hydrogens is 1210 g/mol. The minimum atomic E-state index is -1.66. The smallest absolute Gasteiger partial charge is 0.326 e. The fourth-order valence-corrected chi connectivity index (χ4v) is 13.6. The van der Waals surface area contributed by atoms with Gasteiger partial charge in [-0.2, -0.15) is 0 Å². The number of nitrogens with zero attached hydrogens (tertiary/aromatic N) is 7. The number of thiophene rings is 1. The van der Waals surface area contributed by atoms with Gasteiger partial charge in [0.2, 0.25) is 53.2 Å². The number of benzene rings is 1. The fourth-order valence-electron chi connectivity index (χ4n) is 12.9. The first kappa shape index (κ1) is 70.8. The van der Waals surface area contributed by atoms with Crippen molar-refractivity contribution in [2.75, 3.05) is 45.9 Å². The van der Waals surface area contributed by atoms with E-state index in [4.69, 9.17) is 40.1 Å². The Morgan fingerprint density at radius 2 is 1.25 bits per heavy atom. The zero-order valence-electron chi connectivity index (χ0n) is 51.4. The number of aliphatic carboxylic acids is 1. The van der Waals surface area contributed by atoms with Gasteiger partial charge in [-0.15, -0.1) is 11.3 Å². The lowest BCUT2D eigenvalue weighted by molar-refractivity contribution is -0.153. The highest BCUT2D eigenvalue weighted by Gasteiger charge is 2.52. The van der Waals surface area contributed by atoms with Gasteiger partial charge in [-0.25, -0.2) is 4.79 Å². The van der Waals surface area contributed by atoms with Crippen molar-refractivity contribution in [2.24, 2.45) is 61.0 Å². The monoisotopic (exact) mass is 1300 g/mol. The zero-order chi connectivity index (χ0) is 66.8. The van der Waals surface area contributed by atoms with Gasteiger partial charge in [-0.3, -0.25) is 58.1 Å². The molecule has 5 aliphatic rings. The minimum Gasteiger partial charge on any atom is -0.480 e. The number of aliphatic hydroxyl groups is 2. The number of fused-ring (bicyclic) bond motifs is 2. The van der Waals surface area contributed by atoms with Gasteiger partial charge in [0.25, 0.3) is 0 Å². The van der Waals surface area contributed by atoms with Crippen LogP contribution in [0.15, 0.2) is 56.8 Å². The molecule has 1 aromatic heterocycles. The molecule has 33 heteroatoms. The Morgan fingerprint density at radius 3 is 1.89 bits per heavy atom. The molecule has 504 valence electrons. The topological polar surface area (TPSA) is 524 Å². The van der Waals surface area contributed by atoms with E-state index in [-0.39, 0.29) is 127 Å². The first-order valence-electron chi connectivity index (χ1n) is 31.2. The molecule has 22 N–H and O–H groups in total. The Morgan fingerprint density at radius 1 is 0.620 bits per heavy atom. The summed E-state index contributed by atoms with van der Waals surface area (Å²) in [7, 11) is 0. The lowest BCUT2D eigenvalue weighted by Gasteiger charge is -2.42. The summed E-state index contributed by atoms with van der Waals surface area (Å²) >= 11 is 1.27. The van der Waals surface area contributed by atoms with Crippen LogP contribution in [0.5, 0.6) is 0 Å². The quantitative estimate of drug-likeness (QED) is 0.0198. The number of hydrogen-bond donors (Lipinski definition) is 15. The van der Waals surface area contributed by atoms with Gasteiger partial charge in [-0.05, 0) is 99.1 Å². The summed E-state index contributed by atoms with van der Waals surface area (Å²) in [5.41, 5.74) is 40.3. The molecule has 4 aliphatic heterocycles. The molecule has 9 amide bonds. The number of carboxylic acid groups (broad SMARTS) is 1. The lowest BCUT2D eigenvalue weighted by atomic mass is 9.84. The van der Waals surface area contributed by atoms with Crippen molar-refractivity contribution in [1.29, 1.82) is 0 Å². The number of likely N-dealkylation sites (tertiary alicyclic amines) is 3. The number of guanidine groups is 3. The van der Waals surface area contributed by atoms with Crippen molar-refractivity contribution in [3.8, 4) is 0 Å². The Balaban J connectivity index is 1.02. The molecular formula is C59H89N19O13S. The third kappa shape index (κ3) is 19.0. The van der Waals surface area contributed by atoms with Gasteiger partial charge >= 0.3 is 5.97 Å². The molecule has 7 rings (SSSR count). The Bertz CT molecular complexity index is 3050. The van der Waals surface area contributed by atoms with E-state index in [1.54, 1.807) is 35.7 Å². The molecule has 1 aliphatic carbocycles. The number of nitrogens with two attached hydrogens (primary N) is 7. The predicted octanol–water partition coefficient (Wildman–Crippen LogP) is -5.02. The molecule has 4 fully saturated rings. The fraction of sp³-hybridized carbons (Fsp3) is 0.610. The van der Waals surface area contributed by atoms with Crippen LogP contribution in [0.3, 0.4) is 0 Å². The summed E-state index contributed by atoms with van der Waals surface area (Å²) in [5, 5.41) is 46.8. The standard InChI is InChI=1S/C59H89N19O13S/c60-37(14-5-19-67-57(61)62)48(82)72-38(15-6-20-68-58(63)64)52(86)75-22-8-18-43(75)54(88)77-30-35(80)26-44(77)50(84)70-28-47(81)71-40(27-36-13-9-23-92-36)49(83)74-41(31-79)53(87)76-29-34-12-2-1-10-32(34)24-46(76)55(89)78-42-17-4-3-11-33(42)25-45(78)51(85)73-39(56(90)91)16-7-21-69-59(65)66/h1-2,9-10,12-13,23,33,35,37-46,79-80H,3-8,11,14-22,24-31,60H2,(H,70,84)(H,71,81)(H,72,82)(H,73,85)(H,74,83)(H,90,91)(H4,61,62,67)(H4,63,64,68)(H4,65,66,69)/t33?,35-,37-,38?,39-,40+,41+,42?,43+,44+,45+,46-/m1/s1. The number of nitrogens with one attached hydrogen (secondary N) is 5. The number of rotatable bonds is 30. The summed E-state index contributed by atoms with van der Waals surface area (Å²) in [4.78, 5) is 159. The average Bonchev–Trinajstić information content (AvgIpc) is 1.50. The van der Waals surface area contributed by atoms with Crippen molar-refractivity contribution in [2.45, 2.75) is 176 Å². The summed E-state index contributed by atoms with van der Waals surface area (Å²) in [5.74, 6) is -8.33. The maximum Gasteiger partial charge on any atom is 0.326 e. The highest BCUT2D eigenvalue weighted by atomic mass is 32.1. The van der Waals surface area contributed by atoms with Crippen LogP contribution in [-0.4, -0.2) is 224 Å². The number of carboxylic acids is 1. The highest BCUT2D eigenvalue weighted by molar-refractivity contribution is 7.09. The second-order valence-electron chi connectivity index (χ2n) is 23.9. The van der Waals surface area contributed by atoms with E-state index in [1.807, 2.05) is 6.07 Å². The molecule has 5 heterocycles. The summed E-state index contributed by atoms with van der Waals surface area (Å²) in [6.45, 7) is -1.46. The second kappa shape index (κ2) is 33.6. The first-order chi connectivity index (χ1) is 43.9. The Labute approximate surface area is 536 Å². The van der Waals surface area contributed by atoms with Crippen molar-refractivity contribution in [1.82, 2.24) is 46.2 Å². The van der Waals surface area contributed by atoms with Crippen LogP contribution in [0, 0.1) is 5.92 Å². The van der Waals surface area contributed by atoms with E-state index in [0.717, 1.165) is 29.7 Å². The normalized spacial score (nSPS) is 22.4. The number of hydrogen-bond acceptors (Lipinski definition) is 17. The molecule has 0 spiro atoms. The van der Waals surface area contributed by atoms with Gasteiger partial charge in [0.1, 0.15) is 48.3 Å². The summed E-state index contributed by atoms with van der Waals surface area (Å²) in [6.07, 6.45) is 3.42. The predicted molar refractivity (Wildman–Crippen MR) is 338 cm³/mol. The largest absolute Gasteiger partial charge is 0.480 e. The van der Waals surface area contributed by atoms with Crippen molar-refractivity contribution in [3.63, 3.8) is 0 Å². The number of β-amino-alcohol motifs (C(OH)–C–C–N with tert-alkyl or cyclic N) is 1. The van der Waals surface area contributed by atoms with E-state index in [1.165, 1.54) is 26.0 Å². The number of aliphatic imine (C=N–C) groups is 3. The van der Waals surface area contributed by atoms with Crippen molar-refractivity contribution in [3.05, 3.63) is 57.8 Å². The maximum absolute atomic E-state index is 15.3. The molecule has 92 heavy (non-hydrogen) atoms. The molecule has 3 saturated heterocycles. The van der Waals surface area contributed by atoms with E-state index >= 15 is 4.79 Å². The lowest BCUT2D eigenvalue weighted by Crippen LogP contribution is -2.63. The molecule has 1 aromatic carbocycles. The second-order valence-corrected chi connectivity index (χ2v) is 25.0. The van der Waals surface area contributed by atoms with Gasteiger partial charge in [0.05, 0.1) is 25.3 Å². The number of aliphatic hydroxyl groups excluding tert-OH is 2. The van der Waals surface area contributed by atoms with Crippen LogP contribution in [0.1, 0.15) is 106 Å². The molecule has 0 radical (unpaired) electrons. The van der Waals surface area contributed by atoms with E-state index < -0.39 is 139 Å².